The van der Waals surface area contributed by atoms with Crippen molar-refractivity contribution in [2.45, 2.75) is 42.8 Å². The lowest BCUT2D eigenvalue weighted by atomic mass is 9.59. The van der Waals surface area contributed by atoms with Gasteiger partial charge in [-0.25, -0.2) is 4.79 Å². The largest absolute Gasteiger partial charge is 0.480 e. The molecule has 0 atom stereocenters. The number of anilines is 1. The van der Waals surface area contributed by atoms with Gasteiger partial charge in [0, 0.05) is 35.1 Å². The molecule has 0 amide bonds. The van der Waals surface area contributed by atoms with Crippen molar-refractivity contribution in [1.29, 1.82) is 0 Å². The normalized spacial score (nSPS) is 27.2. The number of likely N-dealkylation sites (tertiary alicyclic amines) is 1. The molecule has 0 bridgehead atoms. The van der Waals surface area contributed by atoms with E-state index in [1.54, 1.807) is 24.3 Å². The maximum atomic E-state index is 12.8. The number of nitrogens with one attached hydrogen (secondary N) is 1. The number of carboxylic acid groups (broad SMARTS) is 1. The molecular weight excluding hydrogens is 465 g/mol. The summed E-state index contributed by atoms with van der Waals surface area (Å²) in [5.41, 5.74) is 2.63. The lowest BCUT2D eigenvalue weighted by Gasteiger charge is -2.50. The number of nitrogens with zero attached hydrogens (tertiary/aromatic N) is 1. The van der Waals surface area contributed by atoms with E-state index in [2.05, 4.69) is 17.5 Å². The topological polar surface area (TPSA) is 52.6 Å². The van der Waals surface area contributed by atoms with Gasteiger partial charge >= 0.3 is 12.1 Å². The molecule has 0 radical (unpaired) electrons. The number of carbonyl (C=O) groups is 1. The number of fused-ring (bicyclic) bond motifs is 2. The van der Waals surface area contributed by atoms with Crippen LogP contribution in [0.4, 0.5) is 18.9 Å². The van der Waals surface area contributed by atoms with Crippen LogP contribution in [0.15, 0.2) is 54.1 Å². The second kappa shape index (κ2) is 8.31. The summed E-state index contributed by atoms with van der Waals surface area (Å²) in [6.07, 6.45) is -0.0211. The van der Waals surface area contributed by atoms with Gasteiger partial charge in [0.1, 0.15) is 5.54 Å². The molecule has 1 heterocycles. The summed E-state index contributed by atoms with van der Waals surface area (Å²) >= 11 is 6.10. The van der Waals surface area contributed by atoms with Crippen molar-refractivity contribution >= 4 is 29.3 Å². The number of aliphatic carboxylic acids is 1. The van der Waals surface area contributed by atoms with Gasteiger partial charge in [0.05, 0.1) is 6.54 Å². The van der Waals surface area contributed by atoms with Crippen LogP contribution in [-0.2, 0) is 10.2 Å². The van der Waals surface area contributed by atoms with E-state index in [0.717, 1.165) is 11.1 Å². The van der Waals surface area contributed by atoms with Crippen LogP contribution < -0.4 is 5.32 Å². The Hall–Kier alpha value is -2.51. The minimum absolute atomic E-state index is 0.0490. The van der Waals surface area contributed by atoms with Crippen LogP contribution in [0.1, 0.15) is 36.8 Å². The van der Waals surface area contributed by atoms with Crippen molar-refractivity contribution in [3.8, 4) is 0 Å². The Balaban J connectivity index is 1.40. The third-order valence-corrected chi connectivity index (χ3v) is 7.95. The average Bonchev–Trinajstić information content (AvgIpc) is 3.05. The maximum Gasteiger partial charge on any atom is 0.401 e. The van der Waals surface area contributed by atoms with E-state index in [1.165, 1.54) is 10.5 Å². The lowest BCUT2D eigenvalue weighted by molar-refractivity contribution is -0.157. The number of hydrogen-bond donors (Lipinski definition) is 2. The van der Waals surface area contributed by atoms with E-state index >= 15 is 0 Å². The van der Waals surface area contributed by atoms with Crippen molar-refractivity contribution in [3.63, 3.8) is 0 Å². The Morgan fingerprint density at radius 2 is 1.79 bits per heavy atom. The molecule has 8 heteroatoms. The Morgan fingerprint density at radius 1 is 1.09 bits per heavy atom. The van der Waals surface area contributed by atoms with Crippen LogP contribution in [0.3, 0.4) is 0 Å². The molecule has 4 nitrogen and oxygen atoms in total. The zero-order valence-electron chi connectivity index (χ0n) is 18.5. The Morgan fingerprint density at radius 3 is 2.44 bits per heavy atom. The van der Waals surface area contributed by atoms with E-state index in [-0.39, 0.29) is 11.3 Å². The second-order valence-corrected chi connectivity index (χ2v) is 10.2. The molecule has 1 aliphatic heterocycles. The summed E-state index contributed by atoms with van der Waals surface area (Å²) in [6.45, 7) is -0.125. The third-order valence-electron chi connectivity index (χ3n) is 7.71. The molecule has 2 aromatic carbocycles. The van der Waals surface area contributed by atoms with Crippen LogP contribution in [0, 0.1) is 5.92 Å². The molecule has 2 aromatic rings. The molecule has 0 aromatic heterocycles. The summed E-state index contributed by atoms with van der Waals surface area (Å²) < 4.78 is 38.5. The van der Waals surface area contributed by atoms with Crippen molar-refractivity contribution < 1.29 is 23.1 Å². The number of hydrogen-bond acceptors (Lipinski definition) is 3. The first-order chi connectivity index (χ1) is 16.1. The zero-order valence-corrected chi connectivity index (χ0v) is 19.3. The van der Waals surface area contributed by atoms with Gasteiger partial charge in [-0.05, 0) is 55.0 Å². The molecule has 3 aliphatic rings. The van der Waals surface area contributed by atoms with E-state index in [4.69, 9.17) is 11.6 Å². The highest BCUT2D eigenvalue weighted by Gasteiger charge is 2.54. The van der Waals surface area contributed by atoms with E-state index in [0.29, 0.717) is 49.5 Å². The molecule has 34 heavy (non-hydrogen) atoms. The molecule has 1 saturated heterocycles. The smallest absolute Gasteiger partial charge is 0.401 e. The fourth-order valence-electron chi connectivity index (χ4n) is 6.07. The van der Waals surface area contributed by atoms with Crippen LogP contribution in [0.25, 0.3) is 6.08 Å². The van der Waals surface area contributed by atoms with Gasteiger partial charge in [0.15, 0.2) is 0 Å². The van der Waals surface area contributed by atoms with Crippen LogP contribution in [-0.4, -0.2) is 47.3 Å². The fourth-order valence-corrected chi connectivity index (χ4v) is 6.26. The maximum absolute atomic E-state index is 12.8. The highest BCUT2D eigenvalue weighted by atomic mass is 35.5. The molecule has 2 fully saturated rings. The summed E-state index contributed by atoms with van der Waals surface area (Å²) in [7, 11) is 0. The number of benzene rings is 2. The number of alkyl halides is 3. The number of halogens is 4. The summed E-state index contributed by atoms with van der Waals surface area (Å²) in [5, 5.41) is 14.0. The van der Waals surface area contributed by atoms with Gasteiger partial charge in [-0.15, -0.1) is 0 Å². The van der Waals surface area contributed by atoms with Gasteiger partial charge < -0.3 is 10.4 Å². The van der Waals surface area contributed by atoms with E-state index < -0.39 is 24.2 Å². The van der Waals surface area contributed by atoms with Gasteiger partial charge in [-0.1, -0.05) is 53.6 Å². The summed E-state index contributed by atoms with van der Waals surface area (Å²) in [6, 6.07) is 15.1. The molecule has 5 rings (SSSR count). The third kappa shape index (κ3) is 4.09. The number of carboxylic acids is 1. The number of rotatable bonds is 5. The summed E-state index contributed by atoms with van der Waals surface area (Å²) in [5.74, 6) is -0.855. The van der Waals surface area contributed by atoms with E-state index in [1.807, 2.05) is 18.2 Å². The van der Waals surface area contributed by atoms with Gasteiger partial charge in [0.25, 0.3) is 0 Å². The van der Waals surface area contributed by atoms with Gasteiger partial charge in [-0.3, -0.25) is 4.90 Å². The Kier molecular flexibility index (Phi) is 5.68. The average molecular weight is 491 g/mol. The molecule has 180 valence electrons. The van der Waals surface area contributed by atoms with Crippen LogP contribution >= 0.6 is 11.6 Å². The predicted molar refractivity (Wildman–Crippen MR) is 126 cm³/mol. The highest BCUT2D eigenvalue weighted by Crippen LogP contribution is 2.56. The quantitative estimate of drug-likeness (QED) is 0.541. The Labute approximate surface area is 201 Å². The first-order valence-electron chi connectivity index (χ1n) is 11.5. The van der Waals surface area contributed by atoms with E-state index in [9.17, 15) is 23.1 Å². The molecule has 1 saturated carbocycles. The van der Waals surface area contributed by atoms with Crippen molar-refractivity contribution in [3.05, 3.63) is 70.3 Å². The van der Waals surface area contributed by atoms with Crippen molar-refractivity contribution in [2.24, 2.45) is 5.92 Å². The SMILES string of the molecule is O=C(O)C1(Nc2cccc(Cl)c2)CCC2(CC1)C(C1CN(CC(F)(F)F)C1)=Cc1ccccc12. The molecule has 2 N–H and O–H groups in total. The molecular formula is C26H26ClF3N2O2. The first-order valence-corrected chi connectivity index (χ1v) is 11.9. The van der Waals surface area contributed by atoms with Crippen LogP contribution in [0.2, 0.25) is 5.02 Å². The van der Waals surface area contributed by atoms with Gasteiger partial charge in [-0.2, -0.15) is 13.2 Å². The first kappa shape index (κ1) is 23.2. The molecule has 1 spiro atoms. The second-order valence-electron chi connectivity index (χ2n) is 9.80. The van der Waals surface area contributed by atoms with Crippen molar-refractivity contribution in [2.75, 3.05) is 25.0 Å². The minimum atomic E-state index is -4.20. The van der Waals surface area contributed by atoms with Crippen LogP contribution in [0.5, 0.6) is 0 Å². The lowest BCUT2D eigenvalue weighted by Crippen LogP contribution is -2.56. The molecule has 2 aliphatic carbocycles. The monoisotopic (exact) mass is 490 g/mol. The molecule has 0 unspecified atom stereocenters. The fraction of sp³-hybridized carbons (Fsp3) is 0.423. The highest BCUT2D eigenvalue weighted by molar-refractivity contribution is 6.30. The minimum Gasteiger partial charge on any atom is -0.480 e. The standard InChI is InChI=1S/C26H26ClF3N2O2/c27-19-5-3-6-20(13-19)31-25(23(33)34)10-8-24(9-11-25)21-7-2-1-4-17(21)12-22(24)18-14-32(15-18)16-26(28,29)30/h1-7,12-13,18,31H,8-11,14-16H2,(H,33,34). The zero-order chi connectivity index (χ0) is 24.1. The predicted octanol–water partition coefficient (Wildman–Crippen LogP) is 5.98. The Bertz CT molecular complexity index is 1130. The van der Waals surface area contributed by atoms with Crippen molar-refractivity contribution in [1.82, 2.24) is 4.90 Å². The summed E-state index contributed by atoms with van der Waals surface area (Å²) in [4.78, 5) is 13.9. The van der Waals surface area contributed by atoms with Gasteiger partial charge in [0.2, 0.25) is 0 Å².